The molecule has 0 unspecified atom stereocenters. The van der Waals surface area contributed by atoms with Crippen LogP contribution in [0, 0.1) is 0 Å². The van der Waals surface area contributed by atoms with Gasteiger partial charge < -0.3 is 29.0 Å². The van der Waals surface area contributed by atoms with Crippen molar-refractivity contribution in [3.05, 3.63) is 35.6 Å². The molecule has 0 bridgehead atoms. The zero-order valence-corrected chi connectivity index (χ0v) is 20.2. The maximum Gasteiger partial charge on any atom is 0.231 e. The van der Waals surface area contributed by atoms with Gasteiger partial charge in [-0.05, 0) is 18.6 Å². The summed E-state index contributed by atoms with van der Waals surface area (Å²) in [5, 5.41) is 5.43. The number of aromatic nitrogens is 2. The van der Waals surface area contributed by atoms with Crippen LogP contribution in [-0.4, -0.2) is 48.0 Å². The summed E-state index contributed by atoms with van der Waals surface area (Å²) < 4.78 is 29.0. The monoisotopic (exact) mass is 535 g/mol. The highest BCUT2D eigenvalue weighted by Gasteiger charge is 2.24. The first-order valence-corrected chi connectivity index (χ1v) is 12.3. The van der Waals surface area contributed by atoms with E-state index in [1.165, 1.54) is 6.33 Å². The van der Waals surface area contributed by atoms with Crippen LogP contribution in [0.1, 0.15) is 19.3 Å². The second kappa shape index (κ2) is 10.2. The summed E-state index contributed by atoms with van der Waals surface area (Å²) in [4.78, 5) is 8.99. The summed E-state index contributed by atoms with van der Waals surface area (Å²) in [7, 11) is 0. The third kappa shape index (κ3) is 4.90. The van der Waals surface area contributed by atoms with Gasteiger partial charge in [-0.2, -0.15) is 0 Å². The average molecular weight is 537 g/mol. The number of benzene rings is 2. The Hall–Kier alpha value is -2.49. The largest absolute Gasteiger partial charge is 0.493 e. The second-order valence-electron chi connectivity index (χ2n) is 7.64. The van der Waals surface area contributed by atoms with Crippen molar-refractivity contribution in [1.29, 1.82) is 0 Å². The van der Waals surface area contributed by atoms with Crippen LogP contribution in [0.5, 0.6) is 23.0 Å². The Balaban J connectivity index is 1.55. The topological polar surface area (TPSA) is 84.0 Å². The number of anilines is 2. The van der Waals surface area contributed by atoms with E-state index >= 15 is 0 Å². The van der Waals surface area contributed by atoms with E-state index in [4.69, 9.17) is 35.3 Å². The quantitative estimate of drug-likeness (QED) is 0.299. The Morgan fingerprint density at radius 1 is 1.15 bits per heavy atom. The Morgan fingerprint density at radius 3 is 2.88 bits per heavy atom. The Kier molecular flexibility index (Phi) is 6.89. The van der Waals surface area contributed by atoms with E-state index in [-0.39, 0.29) is 12.9 Å². The summed E-state index contributed by atoms with van der Waals surface area (Å²) in [6.07, 6.45) is 4.06. The van der Waals surface area contributed by atoms with Gasteiger partial charge in [-0.1, -0.05) is 27.5 Å². The molecule has 0 amide bonds. The van der Waals surface area contributed by atoms with E-state index in [0.717, 1.165) is 30.0 Å². The maximum atomic E-state index is 6.49. The first kappa shape index (κ1) is 22.3. The molecular formula is C23H23BrClN3O5. The number of nitrogens with one attached hydrogen (secondary N) is 1. The molecule has 1 aromatic heterocycles. The van der Waals surface area contributed by atoms with Crippen molar-refractivity contribution in [3.8, 4) is 23.0 Å². The molecule has 33 heavy (non-hydrogen) atoms. The van der Waals surface area contributed by atoms with E-state index in [0.29, 0.717) is 64.9 Å². The molecule has 8 nitrogen and oxygen atoms in total. The molecule has 2 aliphatic rings. The van der Waals surface area contributed by atoms with Crippen molar-refractivity contribution < 1.29 is 23.7 Å². The van der Waals surface area contributed by atoms with Crippen LogP contribution in [0.25, 0.3) is 10.9 Å². The molecule has 0 aliphatic carbocycles. The summed E-state index contributed by atoms with van der Waals surface area (Å²) in [5.41, 5.74) is 1.29. The fourth-order valence-corrected chi connectivity index (χ4v) is 4.23. The van der Waals surface area contributed by atoms with Crippen LogP contribution in [0.3, 0.4) is 0 Å². The highest BCUT2D eigenvalue weighted by atomic mass is 79.9. The standard InChI is InChI=1S/C23H23BrClN3O5/c24-6-1-7-30-15-10-17-20(19(11-15)33-14-4-8-29-9-5-14)23(27-12-26-17)28-21-16(25)2-3-18-22(21)32-13-31-18/h2-3,10-12,14H,1,4-9,13H2,(H,26,27,28). The van der Waals surface area contributed by atoms with Gasteiger partial charge in [-0.15, -0.1) is 0 Å². The van der Waals surface area contributed by atoms with Gasteiger partial charge in [0.1, 0.15) is 35.4 Å². The first-order valence-electron chi connectivity index (χ1n) is 10.8. The molecule has 3 heterocycles. The SMILES string of the molecule is Clc1ccc2c(c1Nc1ncnc3cc(OCCCBr)cc(OC4CCOCC4)c13)OCO2. The number of fused-ring (bicyclic) bond motifs is 2. The smallest absolute Gasteiger partial charge is 0.231 e. The molecule has 0 atom stereocenters. The number of nitrogens with zero attached hydrogens (tertiary/aromatic N) is 2. The Morgan fingerprint density at radius 2 is 2.03 bits per heavy atom. The zero-order chi connectivity index (χ0) is 22.6. The van der Waals surface area contributed by atoms with E-state index in [9.17, 15) is 0 Å². The van der Waals surface area contributed by atoms with Crippen LogP contribution in [0.15, 0.2) is 30.6 Å². The van der Waals surface area contributed by atoms with E-state index in [1.807, 2.05) is 12.1 Å². The zero-order valence-electron chi connectivity index (χ0n) is 17.8. The molecular weight excluding hydrogens is 514 g/mol. The maximum absolute atomic E-state index is 6.49. The number of rotatable bonds is 8. The molecule has 1 N–H and O–H groups in total. The molecule has 5 rings (SSSR count). The van der Waals surface area contributed by atoms with E-state index < -0.39 is 0 Å². The third-order valence-corrected chi connectivity index (χ3v) is 6.29. The van der Waals surface area contributed by atoms with Gasteiger partial charge in [0.05, 0.1) is 35.7 Å². The summed E-state index contributed by atoms with van der Waals surface area (Å²) in [6, 6.07) is 7.33. The molecule has 0 spiro atoms. The summed E-state index contributed by atoms with van der Waals surface area (Å²) in [5.74, 6) is 3.08. The molecule has 1 fully saturated rings. The first-order chi connectivity index (χ1) is 16.2. The number of halogens is 2. The minimum atomic E-state index is 0.0362. The molecule has 174 valence electrons. The van der Waals surface area contributed by atoms with Gasteiger partial charge >= 0.3 is 0 Å². The molecule has 3 aromatic rings. The fraction of sp³-hybridized carbons (Fsp3) is 0.391. The van der Waals surface area contributed by atoms with Crippen molar-refractivity contribution in [2.24, 2.45) is 0 Å². The fourth-order valence-electron chi connectivity index (χ4n) is 3.80. The lowest BCUT2D eigenvalue weighted by atomic mass is 10.1. The van der Waals surface area contributed by atoms with Crippen LogP contribution >= 0.6 is 27.5 Å². The Bertz CT molecular complexity index is 1140. The van der Waals surface area contributed by atoms with Crippen LogP contribution < -0.4 is 24.3 Å². The van der Waals surface area contributed by atoms with E-state index in [2.05, 4.69) is 31.2 Å². The van der Waals surface area contributed by atoms with Gasteiger partial charge in [0.25, 0.3) is 0 Å². The van der Waals surface area contributed by atoms with Gasteiger partial charge in [-0.3, -0.25) is 0 Å². The van der Waals surface area contributed by atoms with Crippen molar-refractivity contribution in [2.75, 3.05) is 37.3 Å². The summed E-state index contributed by atoms with van der Waals surface area (Å²) in [6.45, 7) is 2.08. The second-order valence-corrected chi connectivity index (χ2v) is 8.84. The van der Waals surface area contributed by atoms with Crippen molar-refractivity contribution in [3.63, 3.8) is 0 Å². The van der Waals surface area contributed by atoms with Crippen molar-refractivity contribution in [2.45, 2.75) is 25.4 Å². The molecule has 1 saturated heterocycles. The lowest BCUT2D eigenvalue weighted by molar-refractivity contribution is 0.0261. The normalized spacial score (nSPS) is 15.6. The van der Waals surface area contributed by atoms with Gasteiger partial charge in [0.2, 0.25) is 6.79 Å². The lowest BCUT2D eigenvalue weighted by Gasteiger charge is -2.25. The highest BCUT2D eigenvalue weighted by molar-refractivity contribution is 9.09. The average Bonchev–Trinajstić information content (AvgIpc) is 3.31. The number of alkyl halides is 1. The van der Waals surface area contributed by atoms with Crippen LogP contribution in [-0.2, 0) is 4.74 Å². The highest BCUT2D eigenvalue weighted by Crippen LogP contribution is 2.46. The third-order valence-electron chi connectivity index (χ3n) is 5.42. The molecule has 0 saturated carbocycles. The van der Waals surface area contributed by atoms with Crippen LogP contribution in [0.4, 0.5) is 11.5 Å². The minimum Gasteiger partial charge on any atom is -0.493 e. The van der Waals surface area contributed by atoms with E-state index in [1.54, 1.807) is 12.1 Å². The van der Waals surface area contributed by atoms with Crippen molar-refractivity contribution in [1.82, 2.24) is 9.97 Å². The van der Waals surface area contributed by atoms with Gasteiger partial charge in [-0.25, -0.2) is 9.97 Å². The Labute approximate surface area is 204 Å². The van der Waals surface area contributed by atoms with Crippen molar-refractivity contribution >= 4 is 49.9 Å². The molecule has 0 radical (unpaired) electrons. The predicted molar refractivity (Wildman–Crippen MR) is 129 cm³/mol. The molecule has 2 aromatic carbocycles. The predicted octanol–water partition coefficient (Wildman–Crippen LogP) is 5.48. The summed E-state index contributed by atoms with van der Waals surface area (Å²) >= 11 is 9.93. The molecule has 10 heteroatoms. The minimum absolute atomic E-state index is 0.0362. The van der Waals surface area contributed by atoms with Gasteiger partial charge in [0.15, 0.2) is 11.5 Å². The molecule has 2 aliphatic heterocycles. The lowest BCUT2D eigenvalue weighted by Crippen LogP contribution is -2.26. The van der Waals surface area contributed by atoms with Gasteiger partial charge in [0, 0.05) is 30.3 Å². The number of hydrogen-bond acceptors (Lipinski definition) is 8. The number of ether oxygens (including phenoxy) is 5. The van der Waals surface area contributed by atoms with Crippen LogP contribution in [0.2, 0.25) is 5.02 Å². The number of hydrogen-bond donors (Lipinski definition) is 1.